The van der Waals surface area contributed by atoms with E-state index in [4.69, 9.17) is 9.47 Å². The molecule has 0 bridgehead atoms. The number of benzene rings is 1. The van der Waals surface area contributed by atoms with Gasteiger partial charge in [0.1, 0.15) is 11.5 Å². The number of halogens is 4. The average Bonchev–Trinajstić information content (AvgIpc) is 2.45. The summed E-state index contributed by atoms with van der Waals surface area (Å²) < 4.78 is 64.8. The van der Waals surface area contributed by atoms with E-state index in [1.54, 1.807) is 5.32 Å². The molecule has 9 heteroatoms. The van der Waals surface area contributed by atoms with Gasteiger partial charge >= 0.3 is 12.0 Å². The number of ether oxygens (including phenoxy) is 3. The Morgan fingerprint density at radius 3 is 2.14 bits per heavy atom. The standard InChI is InChI=1S/C12H13F4NO4/c1-19-7-4-5-8(9(6-7)20-2)17-10(18)11(13,21-3)12(14,15)16/h4-6H,1-3H3,(H,17,18)/t11-/m0/s1. The highest BCUT2D eigenvalue weighted by atomic mass is 19.4. The van der Waals surface area contributed by atoms with Crippen LogP contribution in [-0.2, 0) is 9.53 Å². The second-order valence-corrected chi connectivity index (χ2v) is 3.82. The van der Waals surface area contributed by atoms with Crippen molar-refractivity contribution in [3.05, 3.63) is 18.2 Å². The van der Waals surface area contributed by atoms with E-state index in [2.05, 4.69) is 4.74 Å². The summed E-state index contributed by atoms with van der Waals surface area (Å²) in [7, 11) is 3.04. The van der Waals surface area contributed by atoms with Crippen molar-refractivity contribution in [1.82, 2.24) is 0 Å². The Bertz CT molecular complexity index is 520. The van der Waals surface area contributed by atoms with Crippen LogP contribution in [0.25, 0.3) is 0 Å². The summed E-state index contributed by atoms with van der Waals surface area (Å²) in [6.45, 7) is 0. The molecule has 1 aromatic rings. The third-order valence-corrected chi connectivity index (χ3v) is 2.59. The molecule has 1 atom stereocenters. The molecule has 0 aliphatic rings. The topological polar surface area (TPSA) is 56.8 Å². The molecule has 118 valence electrons. The van der Waals surface area contributed by atoms with Crippen LogP contribution < -0.4 is 14.8 Å². The van der Waals surface area contributed by atoms with Crippen molar-refractivity contribution in [2.24, 2.45) is 0 Å². The molecular formula is C12H13F4NO4. The molecule has 0 saturated heterocycles. The lowest BCUT2D eigenvalue weighted by atomic mass is 10.2. The Balaban J connectivity index is 3.08. The second kappa shape index (κ2) is 6.17. The Labute approximate surface area is 117 Å². The SMILES string of the molecule is COc1ccc(NC(=O)[C@](F)(OC)C(F)(F)F)c(OC)c1. The smallest absolute Gasteiger partial charge is 0.458 e. The molecule has 0 aromatic heterocycles. The minimum Gasteiger partial charge on any atom is -0.497 e. The Morgan fingerprint density at radius 2 is 1.71 bits per heavy atom. The van der Waals surface area contributed by atoms with E-state index in [9.17, 15) is 22.4 Å². The maximum Gasteiger partial charge on any atom is 0.458 e. The lowest BCUT2D eigenvalue weighted by molar-refractivity contribution is -0.305. The fourth-order valence-corrected chi connectivity index (χ4v) is 1.44. The van der Waals surface area contributed by atoms with Crippen molar-refractivity contribution in [2.75, 3.05) is 26.6 Å². The maximum atomic E-state index is 13.7. The zero-order chi connectivity index (χ0) is 16.3. The zero-order valence-corrected chi connectivity index (χ0v) is 11.4. The summed E-state index contributed by atoms with van der Waals surface area (Å²) >= 11 is 0. The first-order chi connectivity index (χ1) is 9.69. The van der Waals surface area contributed by atoms with E-state index < -0.39 is 17.9 Å². The first kappa shape index (κ1) is 17.0. The average molecular weight is 311 g/mol. The predicted molar refractivity (Wildman–Crippen MR) is 65.1 cm³/mol. The van der Waals surface area contributed by atoms with Crippen molar-refractivity contribution in [1.29, 1.82) is 0 Å². The van der Waals surface area contributed by atoms with Crippen LogP contribution in [0.4, 0.5) is 23.2 Å². The summed E-state index contributed by atoms with van der Waals surface area (Å²) in [6.07, 6.45) is -5.52. The number of alkyl halides is 4. The zero-order valence-electron chi connectivity index (χ0n) is 11.4. The molecule has 0 heterocycles. The monoisotopic (exact) mass is 311 g/mol. The fraction of sp³-hybridized carbons (Fsp3) is 0.417. The predicted octanol–water partition coefficient (Wildman–Crippen LogP) is 2.52. The summed E-state index contributed by atoms with van der Waals surface area (Å²) in [5.74, 6) is -6.12. The number of hydrogen-bond acceptors (Lipinski definition) is 4. The number of hydrogen-bond donors (Lipinski definition) is 1. The second-order valence-electron chi connectivity index (χ2n) is 3.82. The van der Waals surface area contributed by atoms with E-state index in [1.807, 2.05) is 0 Å². The van der Waals surface area contributed by atoms with Crippen LogP contribution in [0.15, 0.2) is 18.2 Å². The van der Waals surface area contributed by atoms with Gasteiger partial charge in [-0.3, -0.25) is 4.79 Å². The molecule has 5 nitrogen and oxygen atoms in total. The molecule has 0 radical (unpaired) electrons. The highest BCUT2D eigenvalue weighted by Gasteiger charge is 2.63. The number of methoxy groups -OCH3 is 3. The third-order valence-electron chi connectivity index (χ3n) is 2.59. The van der Waals surface area contributed by atoms with Crippen molar-refractivity contribution in [3.63, 3.8) is 0 Å². The van der Waals surface area contributed by atoms with Gasteiger partial charge in [-0.05, 0) is 12.1 Å². The lowest BCUT2D eigenvalue weighted by Gasteiger charge is -2.25. The summed E-state index contributed by atoms with van der Waals surface area (Å²) in [4.78, 5) is 11.5. The first-order valence-corrected chi connectivity index (χ1v) is 5.54. The molecule has 0 aliphatic carbocycles. The minimum absolute atomic E-state index is 0.00308. The van der Waals surface area contributed by atoms with Gasteiger partial charge in [-0.2, -0.15) is 17.6 Å². The molecular weight excluding hydrogens is 298 g/mol. The first-order valence-electron chi connectivity index (χ1n) is 5.54. The van der Waals surface area contributed by atoms with Crippen molar-refractivity contribution < 1.29 is 36.6 Å². The molecule has 1 aromatic carbocycles. The van der Waals surface area contributed by atoms with Crippen molar-refractivity contribution >= 4 is 11.6 Å². The van der Waals surface area contributed by atoms with Gasteiger partial charge < -0.3 is 19.5 Å². The van der Waals surface area contributed by atoms with Crippen LogP contribution in [-0.4, -0.2) is 39.3 Å². The van der Waals surface area contributed by atoms with Crippen molar-refractivity contribution in [2.45, 2.75) is 12.0 Å². The normalized spacial score (nSPS) is 14.2. The van der Waals surface area contributed by atoms with Gasteiger partial charge in [-0.1, -0.05) is 0 Å². The summed E-state index contributed by atoms with van der Waals surface area (Å²) in [5, 5.41) is 1.77. The molecule has 21 heavy (non-hydrogen) atoms. The largest absolute Gasteiger partial charge is 0.497 e. The van der Waals surface area contributed by atoms with Crippen LogP contribution in [0.5, 0.6) is 11.5 Å². The summed E-state index contributed by atoms with van der Waals surface area (Å²) in [6, 6.07) is 3.89. The van der Waals surface area contributed by atoms with E-state index >= 15 is 0 Å². The van der Waals surface area contributed by atoms with Crippen LogP contribution in [0.2, 0.25) is 0 Å². The van der Waals surface area contributed by atoms with Gasteiger partial charge in [-0.25, -0.2) is 0 Å². The van der Waals surface area contributed by atoms with Crippen LogP contribution >= 0.6 is 0 Å². The molecule has 1 N–H and O–H groups in total. The van der Waals surface area contributed by atoms with Gasteiger partial charge in [0.15, 0.2) is 0 Å². The Hall–Kier alpha value is -2.03. The van der Waals surface area contributed by atoms with Gasteiger partial charge in [0, 0.05) is 13.2 Å². The minimum atomic E-state index is -5.52. The van der Waals surface area contributed by atoms with Crippen LogP contribution in [0.3, 0.4) is 0 Å². The number of anilines is 1. The van der Waals surface area contributed by atoms with E-state index in [0.29, 0.717) is 12.9 Å². The van der Waals surface area contributed by atoms with E-state index in [0.717, 1.165) is 0 Å². The molecule has 0 fully saturated rings. The lowest BCUT2D eigenvalue weighted by Crippen LogP contribution is -2.52. The van der Waals surface area contributed by atoms with Crippen molar-refractivity contribution in [3.8, 4) is 11.5 Å². The summed E-state index contributed by atoms with van der Waals surface area (Å²) in [5.41, 5.74) is -0.161. The fourth-order valence-electron chi connectivity index (χ4n) is 1.44. The van der Waals surface area contributed by atoms with Gasteiger partial charge in [0.2, 0.25) is 0 Å². The Kier molecular flexibility index (Phi) is 5.00. The highest BCUT2D eigenvalue weighted by molar-refractivity contribution is 5.98. The van der Waals surface area contributed by atoms with Crippen LogP contribution in [0, 0.1) is 0 Å². The molecule has 0 unspecified atom stereocenters. The number of rotatable bonds is 5. The number of amides is 1. The van der Waals surface area contributed by atoms with Gasteiger partial charge in [0.05, 0.1) is 19.9 Å². The molecule has 1 amide bonds. The van der Waals surface area contributed by atoms with E-state index in [-0.39, 0.29) is 11.4 Å². The number of nitrogens with one attached hydrogen (secondary N) is 1. The molecule has 1 rings (SSSR count). The van der Waals surface area contributed by atoms with Crippen LogP contribution in [0.1, 0.15) is 0 Å². The van der Waals surface area contributed by atoms with Gasteiger partial charge in [0.25, 0.3) is 5.91 Å². The third kappa shape index (κ3) is 3.35. The Morgan fingerprint density at radius 1 is 1.10 bits per heavy atom. The highest BCUT2D eigenvalue weighted by Crippen LogP contribution is 2.37. The molecule has 0 saturated carbocycles. The van der Waals surface area contributed by atoms with Gasteiger partial charge in [-0.15, -0.1) is 0 Å². The molecule has 0 aliphatic heterocycles. The quantitative estimate of drug-likeness (QED) is 0.849. The number of carbonyl (C=O) groups is 1. The molecule has 0 spiro atoms. The number of carbonyl (C=O) groups excluding carboxylic acids is 1. The maximum absolute atomic E-state index is 13.7. The van der Waals surface area contributed by atoms with E-state index in [1.165, 1.54) is 32.4 Å².